The summed E-state index contributed by atoms with van der Waals surface area (Å²) in [7, 11) is 3.90. The number of nitrogens with two attached hydrogens (primary N) is 1. The van der Waals surface area contributed by atoms with Crippen LogP contribution in [0.5, 0.6) is 5.75 Å². The fourth-order valence-electron chi connectivity index (χ4n) is 3.46. The molecule has 9 nitrogen and oxygen atoms in total. The van der Waals surface area contributed by atoms with E-state index in [1.165, 1.54) is 6.42 Å². The Morgan fingerprint density at radius 3 is 2.08 bits per heavy atom. The number of carbonyl (C=O) groups excluding carboxylic acids is 2. The zero-order valence-electron chi connectivity index (χ0n) is 25.3. The molecule has 0 bridgehead atoms. The van der Waals surface area contributed by atoms with Gasteiger partial charge >= 0.3 is 11.9 Å². The van der Waals surface area contributed by atoms with Crippen LogP contribution in [0.2, 0.25) is 0 Å². The lowest BCUT2D eigenvalue weighted by atomic mass is 10.2. The number of nitrogen functional groups attached to an aromatic ring is 1. The van der Waals surface area contributed by atoms with Crippen molar-refractivity contribution >= 4 is 23.3 Å². The minimum Gasteiger partial charge on any atom is -0.493 e. The molecule has 3 N–H and O–H groups in total. The van der Waals surface area contributed by atoms with Crippen molar-refractivity contribution in [2.75, 3.05) is 77.7 Å². The normalized spacial score (nSPS) is 10.6. The molecule has 0 heterocycles. The zero-order chi connectivity index (χ0) is 29.8. The Hall–Kier alpha value is -3.30. The molecule has 0 amide bonds. The Morgan fingerprint density at radius 2 is 1.48 bits per heavy atom. The van der Waals surface area contributed by atoms with Crippen molar-refractivity contribution in [1.82, 2.24) is 9.80 Å². The van der Waals surface area contributed by atoms with Gasteiger partial charge in [0, 0.05) is 37.1 Å². The monoisotopic (exact) mass is 558 g/mol. The highest BCUT2D eigenvalue weighted by molar-refractivity contribution is 5.93. The van der Waals surface area contributed by atoms with Gasteiger partial charge in [-0.15, -0.1) is 0 Å². The number of likely N-dealkylation sites (N-methyl/N-ethyl adjacent to an activating group) is 2. The zero-order valence-corrected chi connectivity index (χ0v) is 25.3. The van der Waals surface area contributed by atoms with Crippen LogP contribution in [0.15, 0.2) is 42.5 Å². The molecule has 0 aliphatic carbocycles. The first-order valence-electron chi connectivity index (χ1n) is 14.3. The summed E-state index contributed by atoms with van der Waals surface area (Å²) < 4.78 is 16.1. The largest absolute Gasteiger partial charge is 0.493 e. The predicted octanol–water partition coefficient (Wildman–Crippen LogP) is 5.17. The highest BCUT2D eigenvalue weighted by atomic mass is 16.5. The summed E-state index contributed by atoms with van der Waals surface area (Å²) in [5, 5.41) is 3.31. The van der Waals surface area contributed by atoms with E-state index in [0.29, 0.717) is 42.4 Å². The van der Waals surface area contributed by atoms with E-state index >= 15 is 0 Å². The second kappa shape index (κ2) is 20.6. The van der Waals surface area contributed by atoms with E-state index in [4.69, 9.17) is 19.9 Å². The van der Waals surface area contributed by atoms with Crippen LogP contribution in [0.1, 0.15) is 67.7 Å². The maximum atomic E-state index is 12.1. The average molecular weight is 559 g/mol. The first-order valence-corrected chi connectivity index (χ1v) is 14.3. The molecule has 224 valence electrons. The van der Waals surface area contributed by atoms with E-state index in [1.807, 2.05) is 38.1 Å². The second-order valence-corrected chi connectivity index (χ2v) is 9.56. The second-order valence-electron chi connectivity index (χ2n) is 9.56. The van der Waals surface area contributed by atoms with Crippen molar-refractivity contribution in [2.24, 2.45) is 0 Å². The van der Waals surface area contributed by atoms with Gasteiger partial charge < -0.3 is 35.1 Å². The molecule has 0 radical (unpaired) electrons. The molecule has 0 aliphatic heterocycles. The van der Waals surface area contributed by atoms with Gasteiger partial charge in [-0.1, -0.05) is 34.1 Å². The van der Waals surface area contributed by atoms with E-state index in [1.54, 1.807) is 30.3 Å². The number of rotatable bonds is 17. The Morgan fingerprint density at radius 1 is 0.825 bits per heavy atom. The first-order chi connectivity index (χ1) is 19.2. The van der Waals surface area contributed by atoms with Gasteiger partial charge in [-0.25, -0.2) is 9.59 Å². The van der Waals surface area contributed by atoms with E-state index in [2.05, 4.69) is 31.0 Å². The van der Waals surface area contributed by atoms with Crippen LogP contribution >= 0.6 is 0 Å². The molecule has 40 heavy (non-hydrogen) atoms. The fraction of sp³-hybridized carbons (Fsp3) is 0.548. The molecule has 0 saturated carbocycles. The maximum Gasteiger partial charge on any atom is 0.341 e. The quantitative estimate of drug-likeness (QED) is 0.154. The van der Waals surface area contributed by atoms with Gasteiger partial charge in [0.25, 0.3) is 0 Å². The fourth-order valence-corrected chi connectivity index (χ4v) is 3.46. The van der Waals surface area contributed by atoms with Gasteiger partial charge in [0.1, 0.15) is 24.5 Å². The molecule has 9 heteroatoms. The van der Waals surface area contributed by atoms with E-state index in [9.17, 15) is 9.59 Å². The van der Waals surface area contributed by atoms with Gasteiger partial charge in [-0.3, -0.25) is 0 Å². The summed E-state index contributed by atoms with van der Waals surface area (Å²) in [6.45, 7) is 14.0. The number of carbonyl (C=O) groups is 2. The van der Waals surface area contributed by atoms with Gasteiger partial charge in [0.15, 0.2) is 0 Å². The molecule has 0 aromatic heterocycles. The molecule has 2 aromatic carbocycles. The van der Waals surface area contributed by atoms with E-state index in [0.717, 1.165) is 51.3 Å². The van der Waals surface area contributed by atoms with Gasteiger partial charge in [0.05, 0.1) is 12.2 Å². The number of hydrogen-bond donors (Lipinski definition) is 2. The third-order valence-electron chi connectivity index (χ3n) is 5.97. The highest BCUT2D eigenvalue weighted by Crippen LogP contribution is 2.23. The number of benzene rings is 2. The minimum atomic E-state index is -0.367. The Labute approximate surface area is 241 Å². The van der Waals surface area contributed by atoms with Crippen molar-refractivity contribution in [3.05, 3.63) is 53.6 Å². The maximum absolute atomic E-state index is 12.1. The standard InChI is InChI=1S/C16H26N2O3.C15H24N2O2/c1-4-10-20-15-12-13(17)7-8-14(15)16(19)21-11-9-18(5-2)6-3;1-4-5-10-16-14-8-6-13(7-9-14)15(18)19-12-11-17(2)3/h7-8,12H,4-6,9-11,17H2,1-3H3;6-9,16H,4-5,10-12H2,1-3H3. The first kappa shape index (κ1) is 34.7. The van der Waals surface area contributed by atoms with E-state index < -0.39 is 0 Å². The average Bonchev–Trinajstić information content (AvgIpc) is 2.94. The number of esters is 2. The van der Waals surface area contributed by atoms with Crippen molar-refractivity contribution in [2.45, 2.75) is 47.0 Å². The van der Waals surface area contributed by atoms with Crippen LogP contribution < -0.4 is 15.8 Å². The van der Waals surface area contributed by atoms with E-state index in [-0.39, 0.29) is 11.9 Å². The van der Waals surface area contributed by atoms with Crippen LogP contribution in [0, 0.1) is 0 Å². The number of nitrogens with zero attached hydrogens (tertiary/aromatic N) is 2. The predicted molar refractivity (Wildman–Crippen MR) is 163 cm³/mol. The lowest BCUT2D eigenvalue weighted by Crippen LogP contribution is -2.28. The van der Waals surface area contributed by atoms with Gasteiger partial charge in [-0.05, 0) is 76.4 Å². The summed E-state index contributed by atoms with van der Waals surface area (Å²) >= 11 is 0. The summed E-state index contributed by atoms with van der Waals surface area (Å²) in [5.41, 5.74) is 8.37. The summed E-state index contributed by atoms with van der Waals surface area (Å²) in [6.07, 6.45) is 3.18. The molecule has 0 aliphatic rings. The third-order valence-corrected chi connectivity index (χ3v) is 5.97. The summed E-state index contributed by atoms with van der Waals surface area (Å²) in [4.78, 5) is 28.1. The SMILES string of the molecule is CCCCNc1ccc(C(=O)OCCN(C)C)cc1.CCCOc1cc(N)ccc1C(=O)OCCN(CC)CC. The van der Waals surface area contributed by atoms with Crippen LogP contribution in [-0.4, -0.2) is 88.4 Å². The molecule has 0 saturated heterocycles. The smallest absolute Gasteiger partial charge is 0.341 e. The number of ether oxygens (including phenoxy) is 3. The van der Waals surface area contributed by atoms with Crippen LogP contribution in [-0.2, 0) is 9.47 Å². The third kappa shape index (κ3) is 14.2. The number of anilines is 2. The highest BCUT2D eigenvalue weighted by Gasteiger charge is 2.15. The Bertz CT molecular complexity index is 978. The van der Waals surface area contributed by atoms with Crippen molar-refractivity contribution in [1.29, 1.82) is 0 Å². The van der Waals surface area contributed by atoms with Crippen molar-refractivity contribution < 1.29 is 23.8 Å². The van der Waals surface area contributed by atoms with Crippen LogP contribution in [0.25, 0.3) is 0 Å². The van der Waals surface area contributed by atoms with Crippen molar-refractivity contribution in [3.63, 3.8) is 0 Å². The topological polar surface area (TPSA) is 106 Å². The molecule has 0 fully saturated rings. The minimum absolute atomic E-state index is 0.262. The molecular weight excluding hydrogens is 508 g/mol. The molecule has 2 rings (SSSR count). The number of unbranched alkanes of at least 4 members (excludes halogenated alkanes) is 1. The van der Waals surface area contributed by atoms with Gasteiger partial charge in [0.2, 0.25) is 0 Å². The number of nitrogens with one attached hydrogen (secondary N) is 1. The molecular formula is C31H50N4O5. The molecule has 0 unspecified atom stereocenters. The summed E-state index contributed by atoms with van der Waals surface area (Å²) in [6, 6.07) is 12.4. The lowest BCUT2D eigenvalue weighted by molar-refractivity contribution is 0.0458. The lowest BCUT2D eigenvalue weighted by Gasteiger charge is -2.18. The van der Waals surface area contributed by atoms with Crippen LogP contribution in [0.3, 0.4) is 0 Å². The molecule has 2 aromatic rings. The number of hydrogen-bond acceptors (Lipinski definition) is 9. The van der Waals surface area contributed by atoms with Gasteiger partial charge in [-0.2, -0.15) is 0 Å². The summed E-state index contributed by atoms with van der Waals surface area (Å²) in [5.74, 6) is -0.139. The van der Waals surface area contributed by atoms with Crippen molar-refractivity contribution in [3.8, 4) is 5.75 Å². The Balaban J connectivity index is 0.000000402. The molecule has 0 atom stereocenters. The molecule has 0 spiro atoms. The Kier molecular flexibility index (Phi) is 17.9. The van der Waals surface area contributed by atoms with Crippen LogP contribution in [0.4, 0.5) is 11.4 Å².